The molecule has 0 saturated carbocycles. The van der Waals surface area contributed by atoms with Crippen LogP contribution in [0.2, 0.25) is 0 Å². The van der Waals surface area contributed by atoms with Gasteiger partial charge in [-0.3, -0.25) is 0 Å². The van der Waals surface area contributed by atoms with E-state index in [2.05, 4.69) is 72.8 Å². The van der Waals surface area contributed by atoms with Crippen molar-refractivity contribution in [2.45, 2.75) is 55.8 Å². The second-order valence-electron chi connectivity index (χ2n) is 11.3. The van der Waals surface area contributed by atoms with Crippen LogP contribution in [0.25, 0.3) is 0 Å². The summed E-state index contributed by atoms with van der Waals surface area (Å²) in [5.41, 5.74) is 4.40. The molecular weight excluding hydrogens is 639 g/mol. The van der Waals surface area contributed by atoms with Crippen molar-refractivity contribution in [2.24, 2.45) is 0 Å². The van der Waals surface area contributed by atoms with Gasteiger partial charge in [-0.05, 0) is 0 Å². The average Bonchev–Trinajstić information content (AvgIpc) is 3.12. The normalized spacial score (nSPS) is 21.2. The molecule has 0 unspecified atom stereocenters. The van der Waals surface area contributed by atoms with Crippen LogP contribution < -0.4 is 4.46 Å². The van der Waals surface area contributed by atoms with E-state index in [1.165, 1.54) is 4.46 Å². The zero-order chi connectivity index (χ0) is 31.2. The van der Waals surface area contributed by atoms with Gasteiger partial charge in [0.2, 0.25) is 0 Å². The molecule has 6 rings (SSSR count). The van der Waals surface area contributed by atoms with E-state index in [-0.39, 0.29) is 32.2 Å². The molecule has 1 fully saturated rings. The molecule has 5 nitrogen and oxygen atoms in total. The van der Waals surface area contributed by atoms with Gasteiger partial charge in [0.1, 0.15) is 0 Å². The van der Waals surface area contributed by atoms with E-state index < -0.39 is 12.2 Å². The van der Waals surface area contributed by atoms with Gasteiger partial charge in [0.15, 0.2) is 0 Å². The monoisotopic (exact) mass is 680 g/mol. The van der Waals surface area contributed by atoms with Gasteiger partial charge >= 0.3 is 279 Å². The molecule has 236 valence electrons. The van der Waals surface area contributed by atoms with E-state index in [0.717, 1.165) is 22.3 Å². The summed E-state index contributed by atoms with van der Waals surface area (Å²) in [7, 11) is 0. The van der Waals surface area contributed by atoms with Crippen molar-refractivity contribution >= 4 is 19.4 Å². The predicted molar refractivity (Wildman–Crippen MR) is 182 cm³/mol. The first-order valence-corrected chi connectivity index (χ1v) is 17.6. The molecule has 0 spiro atoms. The number of ether oxygens (including phenoxy) is 5. The first-order chi connectivity index (χ1) is 22.8. The number of benzene rings is 5. The van der Waals surface area contributed by atoms with Crippen molar-refractivity contribution in [3.8, 4) is 0 Å². The third-order valence-electron chi connectivity index (χ3n) is 7.84. The molecule has 0 aromatic heterocycles. The van der Waals surface area contributed by atoms with Gasteiger partial charge in [0, 0.05) is 0 Å². The van der Waals surface area contributed by atoms with Gasteiger partial charge in [0.05, 0.1) is 0 Å². The van der Waals surface area contributed by atoms with E-state index in [1.807, 2.05) is 78.9 Å². The van der Waals surface area contributed by atoms with Crippen LogP contribution in [0.15, 0.2) is 152 Å². The Morgan fingerprint density at radius 1 is 0.435 bits per heavy atom. The molecule has 6 heteroatoms. The fraction of sp³-hybridized carbons (Fsp3) is 0.250. The van der Waals surface area contributed by atoms with Crippen molar-refractivity contribution in [2.75, 3.05) is 6.61 Å². The summed E-state index contributed by atoms with van der Waals surface area (Å²) in [6.07, 6.45) is -1.55. The maximum absolute atomic E-state index is 6.99. The van der Waals surface area contributed by atoms with Crippen LogP contribution in [0.1, 0.15) is 22.3 Å². The average molecular weight is 680 g/mol. The van der Waals surface area contributed by atoms with E-state index in [4.69, 9.17) is 23.7 Å². The standard InChI is InChI=1S/C40H40O5Se/c1-6-16-31(17-7-1)26-41-30-36-37(42-27-32-18-8-2-9-19-32)38(43-28-33-20-10-3-11-21-33)39(44-29-34-22-12-4-13-23-34)40(45-36)46-35-24-14-5-15-25-35/h1-25,36-40H,26-30H2/t36-,37-,38+,39+,40-/m1/s1. The van der Waals surface area contributed by atoms with Crippen LogP contribution in [0.4, 0.5) is 0 Å². The number of hydrogen-bond acceptors (Lipinski definition) is 5. The summed E-state index contributed by atoms with van der Waals surface area (Å²) >= 11 is -0.0565. The molecule has 46 heavy (non-hydrogen) atoms. The van der Waals surface area contributed by atoms with Crippen molar-refractivity contribution in [1.82, 2.24) is 0 Å². The molecule has 0 amide bonds. The molecule has 5 aromatic rings. The number of rotatable bonds is 15. The molecule has 1 aliphatic heterocycles. The van der Waals surface area contributed by atoms with Crippen LogP contribution in [0.5, 0.6) is 0 Å². The first kappa shape index (κ1) is 32.4. The fourth-order valence-corrected chi connectivity index (χ4v) is 7.88. The summed E-state index contributed by atoms with van der Waals surface area (Å²) in [6, 6.07) is 51.5. The second-order valence-corrected chi connectivity index (χ2v) is 13.7. The van der Waals surface area contributed by atoms with Crippen LogP contribution in [-0.4, -0.2) is 51.0 Å². The van der Waals surface area contributed by atoms with Gasteiger partial charge in [-0.15, -0.1) is 0 Å². The Labute approximate surface area is 278 Å². The fourth-order valence-electron chi connectivity index (χ4n) is 5.48. The van der Waals surface area contributed by atoms with E-state index in [0.29, 0.717) is 33.0 Å². The molecule has 1 heterocycles. The van der Waals surface area contributed by atoms with Gasteiger partial charge in [0.25, 0.3) is 0 Å². The maximum atomic E-state index is 6.99. The zero-order valence-corrected chi connectivity index (χ0v) is 27.5. The Kier molecular flexibility index (Phi) is 12.2. The molecule has 0 aliphatic carbocycles. The summed E-state index contributed by atoms with van der Waals surface area (Å²) in [5.74, 6) is 0. The molecule has 1 aliphatic rings. The van der Waals surface area contributed by atoms with Crippen molar-refractivity contribution in [1.29, 1.82) is 0 Å². The van der Waals surface area contributed by atoms with Gasteiger partial charge in [-0.1, -0.05) is 0 Å². The minimum absolute atomic E-state index is 0.0565. The van der Waals surface area contributed by atoms with E-state index >= 15 is 0 Å². The van der Waals surface area contributed by atoms with Crippen molar-refractivity contribution < 1.29 is 23.7 Å². The molecule has 0 N–H and O–H groups in total. The minimum atomic E-state index is -0.428. The van der Waals surface area contributed by atoms with Crippen molar-refractivity contribution in [3.05, 3.63) is 174 Å². The zero-order valence-electron chi connectivity index (χ0n) is 25.8. The molecule has 0 radical (unpaired) electrons. The Bertz CT molecular complexity index is 1540. The molecule has 5 atom stereocenters. The SMILES string of the molecule is c1ccc(COC[C@H]2O[C@H]([Se]c3ccccc3)[C@@H](OCc3ccccc3)[C@@H](OCc3ccccc3)[C@@H]2OCc2ccccc2)cc1. The van der Waals surface area contributed by atoms with Gasteiger partial charge in [-0.25, -0.2) is 0 Å². The Hall–Kier alpha value is -3.58. The van der Waals surface area contributed by atoms with E-state index in [9.17, 15) is 0 Å². The topological polar surface area (TPSA) is 46.2 Å². The van der Waals surface area contributed by atoms with Crippen LogP contribution in [-0.2, 0) is 50.1 Å². The molecule has 1 saturated heterocycles. The van der Waals surface area contributed by atoms with E-state index in [1.54, 1.807) is 0 Å². The molecule has 0 bridgehead atoms. The van der Waals surface area contributed by atoms with Crippen LogP contribution in [0, 0.1) is 0 Å². The summed E-state index contributed by atoms with van der Waals surface area (Å²) in [4.78, 5) is 0. The third kappa shape index (κ3) is 9.47. The van der Waals surface area contributed by atoms with Gasteiger partial charge in [-0.2, -0.15) is 0 Å². The Morgan fingerprint density at radius 2 is 0.826 bits per heavy atom. The van der Waals surface area contributed by atoms with Crippen LogP contribution >= 0.6 is 0 Å². The Morgan fingerprint density at radius 3 is 1.30 bits per heavy atom. The third-order valence-corrected chi connectivity index (χ3v) is 10.3. The molecular formula is C40H40O5Se. The summed E-state index contributed by atoms with van der Waals surface area (Å²) in [6.45, 7) is 2.16. The predicted octanol–water partition coefficient (Wildman–Crippen LogP) is 6.71. The van der Waals surface area contributed by atoms with Gasteiger partial charge < -0.3 is 0 Å². The number of hydrogen-bond donors (Lipinski definition) is 0. The second kappa shape index (κ2) is 17.4. The first-order valence-electron chi connectivity index (χ1n) is 15.8. The summed E-state index contributed by atoms with van der Waals surface area (Å²) < 4.78 is 35.0. The summed E-state index contributed by atoms with van der Waals surface area (Å²) in [5, 5.41) is -0.221. The van der Waals surface area contributed by atoms with Crippen molar-refractivity contribution in [3.63, 3.8) is 0 Å². The quantitative estimate of drug-likeness (QED) is 0.115. The Balaban J connectivity index is 1.31. The molecule has 5 aromatic carbocycles. The van der Waals surface area contributed by atoms with Crippen LogP contribution in [0.3, 0.4) is 0 Å².